The molecule has 0 saturated carbocycles. The molecule has 0 unspecified atom stereocenters. The Hall–Kier alpha value is -4.20. The number of nitrogens with zero attached hydrogens (tertiary/aromatic N) is 4. The first-order chi connectivity index (χ1) is 15.6. The zero-order valence-corrected chi connectivity index (χ0v) is 18.2. The number of carbonyl (C=O) groups excluding carboxylic acids is 1. The summed E-state index contributed by atoms with van der Waals surface area (Å²) in [6.45, 7) is 6.34. The van der Waals surface area contributed by atoms with Crippen LogP contribution in [0.15, 0.2) is 65.8 Å². The molecule has 0 bridgehead atoms. The number of H-pyrrole nitrogens is 1. The van der Waals surface area contributed by atoms with Crippen LogP contribution in [0.3, 0.4) is 0 Å². The molecule has 2 aromatic heterocycles. The zero-order valence-electron chi connectivity index (χ0n) is 18.2. The predicted octanol–water partition coefficient (Wildman–Crippen LogP) is 4.04. The smallest absolute Gasteiger partial charge is 0.289 e. The highest BCUT2D eigenvalue weighted by Crippen LogP contribution is 2.28. The molecule has 0 atom stereocenters. The van der Waals surface area contributed by atoms with E-state index in [0.717, 1.165) is 28.2 Å². The molecule has 4 rings (SSSR count). The molecule has 4 aromatic rings. The Kier molecular flexibility index (Phi) is 6.12. The van der Waals surface area contributed by atoms with Gasteiger partial charge < -0.3 is 4.74 Å². The lowest BCUT2D eigenvalue weighted by atomic mass is 10.1. The lowest BCUT2D eigenvalue weighted by molar-refractivity contribution is 0.0950. The first-order valence-electron chi connectivity index (χ1n) is 10.3. The number of ether oxygens (including phenoxy) is 1. The Morgan fingerprint density at radius 3 is 2.69 bits per heavy atom. The fraction of sp³-hybridized carbons (Fsp3) is 0.167. The van der Waals surface area contributed by atoms with E-state index < -0.39 is 0 Å². The second-order valence-corrected chi connectivity index (χ2v) is 7.13. The molecule has 0 saturated heterocycles. The van der Waals surface area contributed by atoms with Crippen LogP contribution in [0, 0.1) is 13.8 Å². The van der Waals surface area contributed by atoms with Crippen LogP contribution in [0.5, 0.6) is 5.75 Å². The molecule has 2 heterocycles. The summed E-state index contributed by atoms with van der Waals surface area (Å²) in [5, 5.41) is 15.7. The molecule has 2 N–H and O–H groups in total. The minimum Gasteiger partial charge on any atom is -0.493 e. The van der Waals surface area contributed by atoms with Crippen molar-refractivity contribution in [1.82, 2.24) is 25.4 Å². The van der Waals surface area contributed by atoms with Gasteiger partial charge in [-0.1, -0.05) is 30.3 Å². The van der Waals surface area contributed by atoms with Gasteiger partial charge in [0.05, 0.1) is 35.6 Å². The van der Waals surface area contributed by atoms with E-state index >= 15 is 0 Å². The summed E-state index contributed by atoms with van der Waals surface area (Å²) in [6.07, 6.45) is 1.61. The van der Waals surface area contributed by atoms with E-state index in [9.17, 15) is 4.79 Å². The number of aromatic nitrogens is 4. The van der Waals surface area contributed by atoms with Gasteiger partial charge in [0.2, 0.25) is 0 Å². The summed E-state index contributed by atoms with van der Waals surface area (Å²) in [4.78, 5) is 12.5. The summed E-state index contributed by atoms with van der Waals surface area (Å²) in [5.41, 5.74) is 7.86. The first kappa shape index (κ1) is 21.0. The lowest BCUT2D eigenvalue weighted by Gasteiger charge is -2.07. The standard InChI is InChI=1S/C24H24N6O2/c1-4-32-23-13-9-8-12-19(23)21-14-22(27-26-21)24(31)28-25-15-20-16(2)29-30(17(20)3)18-10-6-5-7-11-18/h5-15H,4H2,1-3H3,(H,26,27)(H,28,31). The van der Waals surface area contributed by atoms with Gasteiger partial charge in [-0.05, 0) is 51.1 Å². The molecule has 0 aliphatic rings. The number of hydrazone groups is 1. The van der Waals surface area contributed by atoms with Gasteiger partial charge in [-0.2, -0.15) is 15.3 Å². The molecule has 0 radical (unpaired) electrons. The predicted molar refractivity (Wildman–Crippen MR) is 123 cm³/mol. The van der Waals surface area contributed by atoms with Gasteiger partial charge >= 0.3 is 0 Å². The summed E-state index contributed by atoms with van der Waals surface area (Å²) < 4.78 is 7.50. The number of aryl methyl sites for hydroxylation is 1. The fourth-order valence-corrected chi connectivity index (χ4v) is 3.41. The van der Waals surface area contributed by atoms with Crippen LogP contribution in [0.25, 0.3) is 16.9 Å². The number of hydrogen-bond donors (Lipinski definition) is 2. The normalized spacial score (nSPS) is 11.1. The first-order valence-corrected chi connectivity index (χ1v) is 10.3. The third-order valence-corrected chi connectivity index (χ3v) is 4.99. The Morgan fingerprint density at radius 1 is 1.16 bits per heavy atom. The molecule has 0 spiro atoms. The van der Waals surface area contributed by atoms with Crippen LogP contribution in [0.4, 0.5) is 0 Å². The van der Waals surface area contributed by atoms with Gasteiger partial charge in [-0.15, -0.1) is 0 Å². The van der Waals surface area contributed by atoms with Gasteiger partial charge in [0.1, 0.15) is 11.4 Å². The Labute approximate surface area is 185 Å². The number of nitrogens with one attached hydrogen (secondary N) is 2. The van der Waals surface area contributed by atoms with Gasteiger partial charge in [0, 0.05) is 11.1 Å². The molecule has 8 nitrogen and oxygen atoms in total. The van der Waals surface area contributed by atoms with Crippen molar-refractivity contribution in [2.75, 3.05) is 6.61 Å². The van der Waals surface area contributed by atoms with Crippen LogP contribution < -0.4 is 10.2 Å². The largest absolute Gasteiger partial charge is 0.493 e. The van der Waals surface area contributed by atoms with Crippen LogP contribution in [0.1, 0.15) is 34.4 Å². The number of amides is 1. The van der Waals surface area contributed by atoms with Crippen molar-refractivity contribution in [1.29, 1.82) is 0 Å². The van der Waals surface area contributed by atoms with Crippen LogP contribution >= 0.6 is 0 Å². The number of carbonyl (C=O) groups is 1. The van der Waals surface area contributed by atoms with E-state index in [2.05, 4.69) is 25.8 Å². The van der Waals surface area contributed by atoms with Crippen molar-refractivity contribution in [3.63, 3.8) is 0 Å². The van der Waals surface area contributed by atoms with Gasteiger partial charge in [0.25, 0.3) is 5.91 Å². The van der Waals surface area contributed by atoms with E-state index in [4.69, 9.17) is 4.74 Å². The second-order valence-electron chi connectivity index (χ2n) is 7.13. The van der Waals surface area contributed by atoms with E-state index in [1.807, 2.05) is 80.1 Å². The van der Waals surface area contributed by atoms with Gasteiger partial charge in [-0.3, -0.25) is 9.89 Å². The SMILES string of the molecule is CCOc1ccccc1-c1cc(C(=O)NN=Cc2c(C)nn(-c3ccccc3)c2C)[nH]n1. The van der Waals surface area contributed by atoms with Crippen LogP contribution in [-0.4, -0.2) is 38.7 Å². The molecule has 0 aliphatic carbocycles. The highest BCUT2D eigenvalue weighted by Gasteiger charge is 2.14. The third-order valence-electron chi connectivity index (χ3n) is 4.99. The minimum absolute atomic E-state index is 0.303. The van der Waals surface area contributed by atoms with E-state index in [1.54, 1.807) is 12.3 Å². The molecule has 0 aliphatic heterocycles. The van der Waals surface area contributed by atoms with Crippen molar-refractivity contribution in [2.45, 2.75) is 20.8 Å². The maximum Gasteiger partial charge on any atom is 0.289 e. The fourth-order valence-electron chi connectivity index (χ4n) is 3.41. The maximum atomic E-state index is 12.5. The van der Waals surface area contributed by atoms with Crippen LogP contribution in [0.2, 0.25) is 0 Å². The summed E-state index contributed by atoms with van der Waals surface area (Å²) in [7, 11) is 0. The van der Waals surface area contributed by atoms with E-state index in [1.165, 1.54) is 0 Å². The van der Waals surface area contributed by atoms with Gasteiger partial charge in [-0.25, -0.2) is 10.1 Å². The minimum atomic E-state index is -0.389. The van der Waals surface area contributed by atoms with Crippen molar-refractivity contribution in [3.8, 4) is 22.7 Å². The Bertz CT molecular complexity index is 1260. The lowest BCUT2D eigenvalue weighted by Crippen LogP contribution is -2.18. The molecular weight excluding hydrogens is 404 g/mol. The topological polar surface area (TPSA) is 97.2 Å². The average Bonchev–Trinajstić information content (AvgIpc) is 3.41. The quantitative estimate of drug-likeness (QED) is 0.343. The molecule has 32 heavy (non-hydrogen) atoms. The zero-order chi connectivity index (χ0) is 22.5. The summed E-state index contributed by atoms with van der Waals surface area (Å²) in [6, 6.07) is 19.1. The van der Waals surface area contributed by atoms with Crippen molar-refractivity contribution < 1.29 is 9.53 Å². The highest BCUT2D eigenvalue weighted by atomic mass is 16.5. The molecule has 1 amide bonds. The van der Waals surface area contributed by atoms with Crippen molar-refractivity contribution >= 4 is 12.1 Å². The molecule has 2 aromatic carbocycles. The van der Waals surface area contributed by atoms with Crippen LogP contribution in [-0.2, 0) is 0 Å². The Balaban J connectivity index is 1.48. The third kappa shape index (κ3) is 4.29. The van der Waals surface area contributed by atoms with Crippen molar-refractivity contribution in [2.24, 2.45) is 5.10 Å². The number of hydrogen-bond acceptors (Lipinski definition) is 5. The Morgan fingerprint density at radius 2 is 1.91 bits per heavy atom. The number of para-hydroxylation sites is 2. The molecule has 0 fully saturated rings. The number of benzene rings is 2. The van der Waals surface area contributed by atoms with Gasteiger partial charge in [0.15, 0.2) is 0 Å². The summed E-state index contributed by atoms with van der Waals surface area (Å²) in [5.74, 6) is 0.326. The molecular formula is C24H24N6O2. The number of aromatic amines is 1. The second kappa shape index (κ2) is 9.30. The van der Waals surface area contributed by atoms with Crippen molar-refractivity contribution in [3.05, 3.63) is 83.3 Å². The van der Waals surface area contributed by atoms with E-state index in [-0.39, 0.29) is 5.91 Å². The maximum absolute atomic E-state index is 12.5. The monoisotopic (exact) mass is 428 g/mol. The average molecular weight is 428 g/mol. The molecule has 8 heteroatoms. The highest BCUT2D eigenvalue weighted by molar-refractivity contribution is 5.94. The summed E-state index contributed by atoms with van der Waals surface area (Å²) >= 11 is 0. The number of rotatable bonds is 7. The van der Waals surface area contributed by atoms with E-state index in [0.29, 0.717) is 23.7 Å². The molecule has 162 valence electrons.